The van der Waals surface area contributed by atoms with Gasteiger partial charge >= 0.3 is 0 Å². The summed E-state index contributed by atoms with van der Waals surface area (Å²) in [6.07, 6.45) is 1.31. The SMILES string of the molecule is CC1CCCC(C#N)(C(O)c2c(F)cccc2F)C1. The van der Waals surface area contributed by atoms with Crippen LogP contribution in [0.3, 0.4) is 0 Å². The molecule has 0 aliphatic heterocycles. The van der Waals surface area contributed by atoms with Crippen molar-refractivity contribution in [1.29, 1.82) is 5.26 Å². The molecule has 0 saturated heterocycles. The second-order valence-corrected chi connectivity index (χ2v) is 5.51. The zero-order valence-electron chi connectivity index (χ0n) is 10.9. The lowest BCUT2D eigenvalue weighted by atomic mass is 9.66. The molecular weight excluding hydrogens is 248 g/mol. The minimum atomic E-state index is -1.42. The van der Waals surface area contributed by atoms with Gasteiger partial charge in [-0.1, -0.05) is 25.8 Å². The van der Waals surface area contributed by atoms with Gasteiger partial charge in [0.15, 0.2) is 0 Å². The van der Waals surface area contributed by atoms with Gasteiger partial charge in [0.25, 0.3) is 0 Å². The van der Waals surface area contributed by atoms with E-state index in [1.807, 2.05) is 6.92 Å². The van der Waals surface area contributed by atoms with Crippen molar-refractivity contribution in [3.05, 3.63) is 35.4 Å². The normalized spacial score (nSPS) is 28.7. The zero-order valence-corrected chi connectivity index (χ0v) is 10.9. The van der Waals surface area contributed by atoms with Crippen molar-refractivity contribution in [2.45, 2.75) is 38.7 Å². The van der Waals surface area contributed by atoms with E-state index in [4.69, 9.17) is 0 Å². The third-order valence-corrected chi connectivity index (χ3v) is 4.05. The number of aliphatic hydroxyl groups excluding tert-OH is 1. The molecule has 1 aliphatic carbocycles. The van der Waals surface area contributed by atoms with Crippen LogP contribution in [0.1, 0.15) is 44.3 Å². The molecule has 1 aliphatic rings. The molecule has 3 unspecified atom stereocenters. The standard InChI is InChI=1S/C15H17F2NO/c1-10-4-3-7-15(8-10,9-18)14(19)13-11(16)5-2-6-12(13)17/h2,5-6,10,14,19H,3-4,7-8H2,1H3. The summed E-state index contributed by atoms with van der Waals surface area (Å²) in [6.45, 7) is 2.00. The number of hydrogen-bond acceptors (Lipinski definition) is 2. The zero-order chi connectivity index (χ0) is 14.0. The van der Waals surface area contributed by atoms with E-state index < -0.39 is 23.2 Å². The monoisotopic (exact) mass is 265 g/mol. The Hall–Kier alpha value is -1.47. The van der Waals surface area contributed by atoms with Gasteiger partial charge in [0.05, 0.1) is 17.0 Å². The van der Waals surface area contributed by atoms with E-state index in [9.17, 15) is 19.1 Å². The molecule has 1 N–H and O–H groups in total. The Balaban J connectivity index is 2.41. The summed E-state index contributed by atoms with van der Waals surface area (Å²) in [5.41, 5.74) is -1.46. The molecule has 19 heavy (non-hydrogen) atoms. The molecule has 3 atom stereocenters. The summed E-state index contributed by atoms with van der Waals surface area (Å²) in [7, 11) is 0. The van der Waals surface area contributed by atoms with Crippen LogP contribution in [0.5, 0.6) is 0 Å². The first kappa shape index (κ1) is 14.0. The lowest BCUT2D eigenvalue weighted by molar-refractivity contribution is 0.0170. The lowest BCUT2D eigenvalue weighted by Crippen LogP contribution is -2.33. The summed E-state index contributed by atoms with van der Waals surface area (Å²) in [5.74, 6) is -1.31. The number of nitrogens with zero attached hydrogens (tertiary/aromatic N) is 1. The molecule has 102 valence electrons. The van der Waals surface area contributed by atoms with Gasteiger partial charge in [-0.15, -0.1) is 0 Å². The maximum atomic E-state index is 13.7. The fraction of sp³-hybridized carbons (Fsp3) is 0.533. The highest BCUT2D eigenvalue weighted by Crippen LogP contribution is 2.48. The topological polar surface area (TPSA) is 44.0 Å². The maximum absolute atomic E-state index is 13.7. The van der Waals surface area contributed by atoms with E-state index in [-0.39, 0.29) is 11.5 Å². The number of rotatable bonds is 2. The van der Waals surface area contributed by atoms with Crippen molar-refractivity contribution in [2.75, 3.05) is 0 Å². The summed E-state index contributed by atoms with van der Waals surface area (Å²) >= 11 is 0. The van der Waals surface area contributed by atoms with Gasteiger partial charge in [0.1, 0.15) is 17.7 Å². The van der Waals surface area contributed by atoms with Crippen molar-refractivity contribution in [2.24, 2.45) is 11.3 Å². The first-order valence-electron chi connectivity index (χ1n) is 6.53. The fourth-order valence-electron chi connectivity index (χ4n) is 3.05. The van der Waals surface area contributed by atoms with E-state index >= 15 is 0 Å². The Morgan fingerprint density at radius 1 is 1.42 bits per heavy atom. The lowest BCUT2D eigenvalue weighted by Gasteiger charge is -2.38. The maximum Gasteiger partial charge on any atom is 0.132 e. The predicted octanol–water partition coefficient (Wildman–Crippen LogP) is 3.72. The van der Waals surface area contributed by atoms with Crippen LogP contribution in [0, 0.1) is 34.3 Å². The number of nitriles is 1. The highest BCUT2D eigenvalue weighted by molar-refractivity contribution is 5.26. The van der Waals surface area contributed by atoms with Crippen LogP contribution < -0.4 is 0 Å². The van der Waals surface area contributed by atoms with E-state index in [0.717, 1.165) is 25.0 Å². The second-order valence-electron chi connectivity index (χ2n) is 5.51. The second kappa shape index (κ2) is 5.26. The minimum Gasteiger partial charge on any atom is -0.387 e. The Kier molecular flexibility index (Phi) is 3.86. The van der Waals surface area contributed by atoms with Crippen molar-refractivity contribution < 1.29 is 13.9 Å². The van der Waals surface area contributed by atoms with Gasteiger partial charge in [0.2, 0.25) is 0 Å². The van der Waals surface area contributed by atoms with Gasteiger partial charge in [-0.05, 0) is 30.9 Å². The molecule has 2 rings (SSSR count). The summed E-state index contributed by atoms with van der Waals surface area (Å²) in [6, 6.07) is 5.59. The average molecular weight is 265 g/mol. The Morgan fingerprint density at radius 3 is 2.58 bits per heavy atom. The van der Waals surface area contributed by atoms with Crippen molar-refractivity contribution in [3.8, 4) is 6.07 Å². The molecule has 1 aromatic carbocycles. The first-order chi connectivity index (χ1) is 9.00. The molecule has 1 fully saturated rings. The Morgan fingerprint density at radius 2 is 2.05 bits per heavy atom. The smallest absolute Gasteiger partial charge is 0.132 e. The molecule has 0 spiro atoms. The van der Waals surface area contributed by atoms with E-state index in [0.29, 0.717) is 12.8 Å². The molecular formula is C15H17F2NO. The van der Waals surface area contributed by atoms with E-state index in [1.165, 1.54) is 6.07 Å². The quantitative estimate of drug-likeness (QED) is 0.885. The van der Waals surface area contributed by atoms with Gasteiger partial charge < -0.3 is 5.11 Å². The average Bonchev–Trinajstić information content (AvgIpc) is 2.38. The number of hydrogen-bond donors (Lipinski definition) is 1. The third-order valence-electron chi connectivity index (χ3n) is 4.05. The highest BCUT2D eigenvalue weighted by Gasteiger charge is 2.44. The van der Waals surface area contributed by atoms with Crippen molar-refractivity contribution >= 4 is 0 Å². The van der Waals surface area contributed by atoms with E-state index in [1.54, 1.807) is 0 Å². The fourth-order valence-corrected chi connectivity index (χ4v) is 3.05. The summed E-state index contributed by atoms with van der Waals surface area (Å²) in [4.78, 5) is 0. The van der Waals surface area contributed by atoms with Gasteiger partial charge in [-0.25, -0.2) is 8.78 Å². The van der Waals surface area contributed by atoms with Crippen LogP contribution in [0.25, 0.3) is 0 Å². The molecule has 1 aromatic rings. The molecule has 0 aromatic heterocycles. The molecule has 0 radical (unpaired) electrons. The molecule has 1 saturated carbocycles. The van der Waals surface area contributed by atoms with Gasteiger partial charge in [-0.3, -0.25) is 0 Å². The molecule has 0 amide bonds. The largest absolute Gasteiger partial charge is 0.387 e. The Bertz CT molecular complexity index is 491. The molecule has 0 heterocycles. The summed E-state index contributed by atoms with van der Waals surface area (Å²) < 4.78 is 27.5. The van der Waals surface area contributed by atoms with Crippen LogP contribution in [0.4, 0.5) is 8.78 Å². The van der Waals surface area contributed by atoms with E-state index in [2.05, 4.69) is 6.07 Å². The van der Waals surface area contributed by atoms with Gasteiger partial charge in [-0.2, -0.15) is 5.26 Å². The highest BCUT2D eigenvalue weighted by atomic mass is 19.1. The number of benzene rings is 1. The minimum absolute atomic E-state index is 0.276. The number of aliphatic hydroxyl groups is 1. The third kappa shape index (κ3) is 2.48. The molecule has 4 heteroatoms. The molecule has 2 nitrogen and oxygen atoms in total. The van der Waals surface area contributed by atoms with Crippen molar-refractivity contribution in [3.63, 3.8) is 0 Å². The van der Waals surface area contributed by atoms with Crippen LogP contribution in [0.2, 0.25) is 0 Å². The van der Waals surface area contributed by atoms with Crippen LogP contribution in [0.15, 0.2) is 18.2 Å². The van der Waals surface area contributed by atoms with Crippen LogP contribution >= 0.6 is 0 Å². The predicted molar refractivity (Wildman–Crippen MR) is 67.0 cm³/mol. The first-order valence-corrected chi connectivity index (χ1v) is 6.53. The van der Waals surface area contributed by atoms with Crippen LogP contribution in [-0.4, -0.2) is 5.11 Å². The van der Waals surface area contributed by atoms with Gasteiger partial charge in [0, 0.05) is 0 Å². The summed E-state index contributed by atoms with van der Waals surface area (Å²) in [5, 5.41) is 19.8. The Labute approximate surface area is 111 Å². The number of halogens is 2. The van der Waals surface area contributed by atoms with Crippen molar-refractivity contribution in [1.82, 2.24) is 0 Å². The molecule has 0 bridgehead atoms. The van der Waals surface area contributed by atoms with Crippen LogP contribution in [-0.2, 0) is 0 Å².